The molecular formula is C31H52O3. The van der Waals surface area contributed by atoms with E-state index in [1.165, 1.54) is 122 Å². The Morgan fingerprint density at radius 1 is 0.647 bits per heavy atom. The van der Waals surface area contributed by atoms with Crippen molar-refractivity contribution in [3.63, 3.8) is 0 Å². The molecule has 3 heteroatoms. The minimum Gasteiger partial charge on any atom is -0.494 e. The largest absolute Gasteiger partial charge is 0.494 e. The van der Waals surface area contributed by atoms with Gasteiger partial charge in [-0.05, 0) is 30.2 Å². The van der Waals surface area contributed by atoms with Gasteiger partial charge in [0, 0.05) is 6.08 Å². The molecule has 0 aromatic heterocycles. The minimum atomic E-state index is -0.931. The van der Waals surface area contributed by atoms with Gasteiger partial charge in [0.2, 0.25) is 0 Å². The molecule has 0 amide bonds. The third-order valence-corrected chi connectivity index (χ3v) is 6.57. The maximum absolute atomic E-state index is 10.5. The van der Waals surface area contributed by atoms with Crippen LogP contribution in [0.5, 0.6) is 5.75 Å². The standard InChI is InChI=1S/C31H52O3/c1-2-3-4-5-6-7-8-9-10-11-12-13-14-15-16-17-18-19-20-21-28-34-30-25-22-29(23-26-30)24-27-31(32)33/h22-27H,2-21,28H2,1H3,(H,32,33). The molecule has 0 saturated carbocycles. The average Bonchev–Trinajstić information content (AvgIpc) is 2.84. The van der Waals surface area contributed by atoms with Crippen LogP contribution >= 0.6 is 0 Å². The van der Waals surface area contributed by atoms with E-state index < -0.39 is 5.97 Å². The number of benzene rings is 1. The summed E-state index contributed by atoms with van der Waals surface area (Å²) in [5, 5.41) is 8.65. The van der Waals surface area contributed by atoms with Crippen LogP contribution in [0.3, 0.4) is 0 Å². The van der Waals surface area contributed by atoms with Crippen molar-refractivity contribution in [1.82, 2.24) is 0 Å². The van der Waals surface area contributed by atoms with Crippen LogP contribution in [0.25, 0.3) is 6.08 Å². The van der Waals surface area contributed by atoms with Gasteiger partial charge in [0.05, 0.1) is 6.61 Å². The Hall–Kier alpha value is -1.77. The number of carbonyl (C=O) groups is 1. The van der Waals surface area contributed by atoms with E-state index in [9.17, 15) is 4.79 Å². The summed E-state index contributed by atoms with van der Waals surface area (Å²) in [6.07, 6.45) is 30.6. The van der Waals surface area contributed by atoms with Gasteiger partial charge in [0.15, 0.2) is 0 Å². The summed E-state index contributed by atoms with van der Waals surface area (Å²) < 4.78 is 5.78. The van der Waals surface area contributed by atoms with E-state index in [4.69, 9.17) is 9.84 Å². The topological polar surface area (TPSA) is 46.5 Å². The van der Waals surface area contributed by atoms with Crippen LogP contribution in [0.1, 0.15) is 141 Å². The van der Waals surface area contributed by atoms with E-state index in [2.05, 4.69) is 6.92 Å². The van der Waals surface area contributed by atoms with Crippen LogP contribution in [0.4, 0.5) is 0 Å². The molecule has 1 N–H and O–H groups in total. The van der Waals surface area contributed by atoms with Gasteiger partial charge < -0.3 is 9.84 Å². The summed E-state index contributed by atoms with van der Waals surface area (Å²) in [5.74, 6) is -0.0785. The minimum absolute atomic E-state index is 0.753. The van der Waals surface area contributed by atoms with Gasteiger partial charge in [-0.25, -0.2) is 4.79 Å². The van der Waals surface area contributed by atoms with Gasteiger partial charge in [-0.3, -0.25) is 0 Å². The van der Waals surface area contributed by atoms with Crippen LogP contribution in [-0.2, 0) is 4.79 Å². The van der Waals surface area contributed by atoms with Gasteiger partial charge in [-0.2, -0.15) is 0 Å². The molecule has 0 aliphatic rings. The van der Waals surface area contributed by atoms with E-state index in [-0.39, 0.29) is 0 Å². The predicted octanol–water partition coefficient (Wildman–Crippen LogP) is 9.99. The van der Waals surface area contributed by atoms with E-state index in [0.29, 0.717) is 0 Å². The molecule has 0 atom stereocenters. The van der Waals surface area contributed by atoms with Crippen molar-refractivity contribution in [2.75, 3.05) is 6.61 Å². The molecule has 0 fully saturated rings. The first-order chi connectivity index (χ1) is 16.7. The van der Waals surface area contributed by atoms with E-state index in [0.717, 1.165) is 30.4 Å². The zero-order valence-corrected chi connectivity index (χ0v) is 22.1. The Kier molecular flexibility index (Phi) is 20.5. The molecule has 34 heavy (non-hydrogen) atoms. The fourth-order valence-electron chi connectivity index (χ4n) is 4.39. The predicted molar refractivity (Wildman–Crippen MR) is 147 cm³/mol. The first-order valence-corrected chi connectivity index (χ1v) is 14.4. The van der Waals surface area contributed by atoms with Gasteiger partial charge in [0.1, 0.15) is 5.75 Å². The SMILES string of the molecule is CCCCCCCCCCCCCCCCCCCCCCOc1ccc(C=CC(=O)O)cc1. The number of unbranched alkanes of at least 4 members (excludes halogenated alkanes) is 19. The Morgan fingerprint density at radius 2 is 1.03 bits per heavy atom. The molecule has 0 spiro atoms. The number of ether oxygens (including phenoxy) is 1. The van der Waals surface area contributed by atoms with Crippen molar-refractivity contribution in [2.45, 2.75) is 135 Å². The molecule has 194 valence electrons. The normalized spacial score (nSPS) is 11.3. The summed E-state index contributed by atoms with van der Waals surface area (Å²) in [4.78, 5) is 10.5. The second-order valence-corrected chi connectivity index (χ2v) is 9.81. The summed E-state index contributed by atoms with van der Waals surface area (Å²) in [6.45, 7) is 3.04. The number of hydrogen-bond donors (Lipinski definition) is 1. The molecule has 0 aliphatic heterocycles. The summed E-state index contributed by atoms with van der Waals surface area (Å²) in [7, 11) is 0. The molecule has 1 aromatic rings. The van der Waals surface area contributed by atoms with Crippen molar-refractivity contribution >= 4 is 12.0 Å². The van der Waals surface area contributed by atoms with Crippen LogP contribution in [0.15, 0.2) is 30.3 Å². The first kappa shape index (κ1) is 30.3. The number of aliphatic carboxylic acids is 1. The molecule has 1 aromatic carbocycles. The molecule has 0 aliphatic carbocycles. The fraction of sp³-hybridized carbons (Fsp3) is 0.710. The highest BCUT2D eigenvalue weighted by atomic mass is 16.5. The molecule has 0 saturated heterocycles. The zero-order valence-electron chi connectivity index (χ0n) is 22.1. The summed E-state index contributed by atoms with van der Waals surface area (Å²) >= 11 is 0. The third kappa shape index (κ3) is 19.7. The van der Waals surface area contributed by atoms with E-state index in [1.54, 1.807) is 6.08 Å². The lowest BCUT2D eigenvalue weighted by atomic mass is 10.0. The maximum atomic E-state index is 10.5. The molecule has 0 unspecified atom stereocenters. The highest BCUT2D eigenvalue weighted by Crippen LogP contribution is 2.16. The number of carboxylic acids is 1. The lowest BCUT2D eigenvalue weighted by molar-refractivity contribution is -0.131. The lowest BCUT2D eigenvalue weighted by Gasteiger charge is -2.06. The first-order valence-electron chi connectivity index (χ1n) is 14.4. The second-order valence-electron chi connectivity index (χ2n) is 9.81. The van der Waals surface area contributed by atoms with Crippen molar-refractivity contribution in [1.29, 1.82) is 0 Å². The number of hydrogen-bond acceptors (Lipinski definition) is 2. The van der Waals surface area contributed by atoms with E-state index >= 15 is 0 Å². The molecule has 0 heterocycles. The van der Waals surface area contributed by atoms with Crippen molar-refractivity contribution < 1.29 is 14.6 Å². The molecule has 3 nitrogen and oxygen atoms in total. The molecule has 0 bridgehead atoms. The van der Waals surface area contributed by atoms with Crippen molar-refractivity contribution in [2.24, 2.45) is 0 Å². The van der Waals surface area contributed by atoms with Gasteiger partial charge in [-0.15, -0.1) is 0 Å². The van der Waals surface area contributed by atoms with Gasteiger partial charge in [0.25, 0.3) is 0 Å². The molecule has 1 rings (SSSR count). The summed E-state index contributed by atoms with van der Waals surface area (Å²) in [6, 6.07) is 7.56. The van der Waals surface area contributed by atoms with Crippen LogP contribution in [0.2, 0.25) is 0 Å². The van der Waals surface area contributed by atoms with Crippen LogP contribution < -0.4 is 4.74 Å². The van der Waals surface area contributed by atoms with Crippen LogP contribution in [0, 0.1) is 0 Å². The smallest absolute Gasteiger partial charge is 0.328 e. The van der Waals surface area contributed by atoms with Crippen molar-refractivity contribution in [3.05, 3.63) is 35.9 Å². The Bertz CT molecular complexity index is 606. The molecule has 0 radical (unpaired) electrons. The lowest BCUT2D eigenvalue weighted by Crippen LogP contribution is -1.97. The highest BCUT2D eigenvalue weighted by Gasteiger charge is 1.97. The van der Waals surface area contributed by atoms with Gasteiger partial charge in [-0.1, -0.05) is 141 Å². The van der Waals surface area contributed by atoms with Gasteiger partial charge >= 0.3 is 5.97 Å². The number of rotatable bonds is 24. The third-order valence-electron chi connectivity index (χ3n) is 6.57. The maximum Gasteiger partial charge on any atom is 0.328 e. The fourth-order valence-corrected chi connectivity index (χ4v) is 4.39. The average molecular weight is 473 g/mol. The zero-order chi connectivity index (χ0) is 24.5. The number of carboxylic acid groups (broad SMARTS) is 1. The second kappa shape index (κ2) is 23.0. The Morgan fingerprint density at radius 3 is 1.41 bits per heavy atom. The Balaban J connectivity index is 1.78. The molecular weight excluding hydrogens is 420 g/mol. The highest BCUT2D eigenvalue weighted by molar-refractivity contribution is 5.85. The van der Waals surface area contributed by atoms with E-state index in [1.807, 2.05) is 24.3 Å². The summed E-state index contributed by atoms with van der Waals surface area (Å²) in [5.41, 5.74) is 0.869. The monoisotopic (exact) mass is 472 g/mol. The Labute approximate surface area is 210 Å². The van der Waals surface area contributed by atoms with Crippen LogP contribution in [-0.4, -0.2) is 17.7 Å². The van der Waals surface area contributed by atoms with Crippen molar-refractivity contribution in [3.8, 4) is 5.75 Å². The quantitative estimate of drug-likeness (QED) is 0.120.